The molecule has 2 aliphatic rings. The van der Waals surface area contributed by atoms with Crippen molar-refractivity contribution in [2.24, 2.45) is 11.8 Å². The van der Waals surface area contributed by atoms with Crippen molar-refractivity contribution in [2.75, 3.05) is 0 Å². The number of rotatable bonds is 7. The molecule has 3 rings (SSSR count). The number of allylic oxidation sites excluding steroid dienone is 1. The molecular weight excluding hydrogens is 370 g/mol. The lowest BCUT2D eigenvalue weighted by molar-refractivity contribution is -0.167. The molecule has 2 nitrogen and oxygen atoms in total. The summed E-state index contributed by atoms with van der Waals surface area (Å²) in [4.78, 5) is 12.5. The standard InChI is InChI=1S/C25H34F2O2/c1-3-5-6-18-7-9-19(10-8-18)20-11-13-21(14-12-20)24(28)29-23-16-15-22(4-2)25(26,27)17-23/h4,7-10,20-23H,2-3,5-6,11-17H2,1H3. The third kappa shape index (κ3) is 5.67. The van der Waals surface area contributed by atoms with E-state index in [1.807, 2.05) is 0 Å². The number of carbonyl (C=O) groups is 1. The van der Waals surface area contributed by atoms with Gasteiger partial charge in [0.05, 0.1) is 5.92 Å². The van der Waals surface area contributed by atoms with Crippen molar-refractivity contribution in [1.29, 1.82) is 0 Å². The van der Waals surface area contributed by atoms with Crippen LogP contribution in [0, 0.1) is 11.8 Å². The predicted octanol–water partition coefficient (Wildman–Crippen LogP) is 6.84. The minimum absolute atomic E-state index is 0.152. The molecule has 2 fully saturated rings. The second-order valence-electron chi connectivity index (χ2n) is 8.84. The number of benzene rings is 1. The molecule has 4 heteroatoms. The zero-order valence-corrected chi connectivity index (χ0v) is 17.5. The van der Waals surface area contributed by atoms with Crippen LogP contribution in [0.25, 0.3) is 0 Å². The summed E-state index contributed by atoms with van der Waals surface area (Å²) in [5.74, 6) is -3.59. The highest BCUT2D eigenvalue weighted by Crippen LogP contribution is 2.41. The van der Waals surface area contributed by atoms with Crippen molar-refractivity contribution < 1.29 is 18.3 Å². The SMILES string of the molecule is C=CC1CCC(OC(=O)C2CCC(c3ccc(CCCC)cc3)CC2)CC1(F)F. The molecule has 0 saturated heterocycles. The topological polar surface area (TPSA) is 26.3 Å². The molecule has 0 heterocycles. The molecule has 0 bridgehead atoms. The molecule has 1 aromatic carbocycles. The minimum atomic E-state index is -2.83. The van der Waals surface area contributed by atoms with Crippen LogP contribution in [0.5, 0.6) is 0 Å². The van der Waals surface area contributed by atoms with Gasteiger partial charge in [-0.15, -0.1) is 6.58 Å². The summed E-state index contributed by atoms with van der Waals surface area (Å²) in [7, 11) is 0. The Kier molecular flexibility index (Phi) is 7.48. The van der Waals surface area contributed by atoms with Crippen LogP contribution < -0.4 is 0 Å². The molecule has 0 spiro atoms. The summed E-state index contributed by atoms with van der Waals surface area (Å²) < 4.78 is 33.7. The van der Waals surface area contributed by atoms with Crippen molar-refractivity contribution in [2.45, 2.75) is 89.1 Å². The van der Waals surface area contributed by atoms with Crippen LogP contribution in [0.3, 0.4) is 0 Å². The van der Waals surface area contributed by atoms with E-state index in [2.05, 4.69) is 37.8 Å². The van der Waals surface area contributed by atoms with Gasteiger partial charge in [-0.25, -0.2) is 8.78 Å². The summed E-state index contributed by atoms with van der Waals surface area (Å²) in [6, 6.07) is 8.92. The number of carbonyl (C=O) groups excluding carboxylic acids is 1. The van der Waals surface area contributed by atoms with Gasteiger partial charge in [-0.05, 0) is 68.4 Å². The Hall–Kier alpha value is -1.71. The molecule has 2 saturated carbocycles. The molecule has 1 aromatic rings. The van der Waals surface area contributed by atoms with Crippen molar-refractivity contribution >= 4 is 5.97 Å². The number of unbranched alkanes of at least 4 members (excludes halogenated alkanes) is 1. The third-order valence-electron chi connectivity index (χ3n) is 6.74. The van der Waals surface area contributed by atoms with Crippen molar-refractivity contribution in [3.05, 3.63) is 48.0 Å². The van der Waals surface area contributed by atoms with Gasteiger partial charge in [0.25, 0.3) is 5.92 Å². The largest absolute Gasteiger partial charge is 0.462 e. The van der Waals surface area contributed by atoms with E-state index in [-0.39, 0.29) is 18.3 Å². The minimum Gasteiger partial charge on any atom is -0.462 e. The molecule has 2 aliphatic carbocycles. The molecule has 160 valence electrons. The monoisotopic (exact) mass is 404 g/mol. The summed E-state index contributed by atoms with van der Waals surface area (Å²) in [6.45, 7) is 5.71. The van der Waals surface area contributed by atoms with Gasteiger partial charge in [-0.2, -0.15) is 0 Å². The normalized spacial score (nSPS) is 29.2. The van der Waals surface area contributed by atoms with E-state index in [1.54, 1.807) is 0 Å². The first kappa shape index (κ1) is 22.0. The number of halogens is 2. The summed E-state index contributed by atoms with van der Waals surface area (Å²) in [5, 5.41) is 0. The molecular formula is C25H34F2O2. The summed E-state index contributed by atoms with van der Waals surface area (Å²) >= 11 is 0. The van der Waals surface area contributed by atoms with E-state index >= 15 is 0 Å². The van der Waals surface area contributed by atoms with Crippen LogP contribution in [0.15, 0.2) is 36.9 Å². The van der Waals surface area contributed by atoms with Gasteiger partial charge in [-0.3, -0.25) is 4.79 Å². The Balaban J connectivity index is 1.46. The van der Waals surface area contributed by atoms with Gasteiger partial charge < -0.3 is 4.74 Å². The third-order valence-corrected chi connectivity index (χ3v) is 6.74. The second-order valence-corrected chi connectivity index (χ2v) is 8.84. The van der Waals surface area contributed by atoms with Crippen molar-refractivity contribution in [1.82, 2.24) is 0 Å². The Labute approximate surface area is 173 Å². The molecule has 29 heavy (non-hydrogen) atoms. The van der Waals surface area contributed by atoms with Gasteiger partial charge in [-0.1, -0.05) is 43.7 Å². The van der Waals surface area contributed by atoms with E-state index in [1.165, 1.54) is 30.0 Å². The quantitative estimate of drug-likeness (QED) is 0.367. The lowest BCUT2D eigenvalue weighted by Gasteiger charge is -2.35. The molecule has 2 atom stereocenters. The average molecular weight is 405 g/mol. The molecule has 0 aliphatic heterocycles. The van der Waals surface area contributed by atoms with E-state index in [9.17, 15) is 13.6 Å². The summed E-state index contributed by atoms with van der Waals surface area (Å²) in [6.07, 6.45) is 8.12. The van der Waals surface area contributed by atoms with Gasteiger partial charge in [0.15, 0.2) is 0 Å². The van der Waals surface area contributed by atoms with Gasteiger partial charge in [0.2, 0.25) is 0 Å². The first-order valence-corrected chi connectivity index (χ1v) is 11.2. The van der Waals surface area contributed by atoms with E-state index < -0.39 is 17.9 Å². The zero-order valence-electron chi connectivity index (χ0n) is 17.5. The first-order chi connectivity index (χ1) is 13.9. The zero-order chi connectivity index (χ0) is 20.9. The molecule has 0 radical (unpaired) electrons. The second kappa shape index (κ2) is 9.86. The Morgan fingerprint density at radius 2 is 1.83 bits per heavy atom. The van der Waals surface area contributed by atoms with Crippen LogP contribution in [0.2, 0.25) is 0 Å². The highest BCUT2D eigenvalue weighted by molar-refractivity contribution is 5.72. The number of hydrogen-bond donors (Lipinski definition) is 0. The Bertz CT molecular complexity index is 675. The van der Waals surface area contributed by atoms with Crippen LogP contribution >= 0.6 is 0 Å². The number of ether oxygens (including phenoxy) is 1. The fourth-order valence-electron chi connectivity index (χ4n) is 4.78. The fraction of sp³-hybridized carbons (Fsp3) is 0.640. The van der Waals surface area contributed by atoms with Gasteiger partial charge in [0, 0.05) is 12.3 Å². The van der Waals surface area contributed by atoms with Crippen LogP contribution in [0.4, 0.5) is 8.78 Å². The fourth-order valence-corrected chi connectivity index (χ4v) is 4.78. The maximum Gasteiger partial charge on any atom is 0.309 e. The van der Waals surface area contributed by atoms with E-state index in [4.69, 9.17) is 4.74 Å². The Morgan fingerprint density at radius 1 is 1.14 bits per heavy atom. The van der Waals surface area contributed by atoms with E-state index in [0.29, 0.717) is 18.8 Å². The highest BCUT2D eigenvalue weighted by atomic mass is 19.3. The van der Waals surface area contributed by atoms with Crippen LogP contribution in [0.1, 0.15) is 81.8 Å². The lowest BCUT2D eigenvalue weighted by Crippen LogP contribution is -2.40. The number of esters is 1. The molecule has 0 amide bonds. The van der Waals surface area contributed by atoms with Gasteiger partial charge in [0.1, 0.15) is 6.10 Å². The molecule has 0 N–H and O–H groups in total. The first-order valence-electron chi connectivity index (χ1n) is 11.2. The lowest BCUT2D eigenvalue weighted by atomic mass is 9.78. The highest BCUT2D eigenvalue weighted by Gasteiger charge is 2.45. The molecule has 2 unspecified atom stereocenters. The van der Waals surface area contributed by atoms with Gasteiger partial charge >= 0.3 is 5.97 Å². The number of aryl methyl sites for hydroxylation is 1. The Morgan fingerprint density at radius 3 is 2.41 bits per heavy atom. The van der Waals surface area contributed by atoms with Crippen LogP contribution in [-0.4, -0.2) is 18.0 Å². The van der Waals surface area contributed by atoms with Crippen LogP contribution in [-0.2, 0) is 16.0 Å². The summed E-state index contributed by atoms with van der Waals surface area (Å²) in [5.41, 5.74) is 2.73. The number of hydrogen-bond acceptors (Lipinski definition) is 2. The maximum absolute atomic E-state index is 14.1. The maximum atomic E-state index is 14.1. The van der Waals surface area contributed by atoms with Crippen molar-refractivity contribution in [3.8, 4) is 0 Å². The average Bonchev–Trinajstić information content (AvgIpc) is 2.72. The predicted molar refractivity (Wildman–Crippen MR) is 112 cm³/mol. The van der Waals surface area contributed by atoms with E-state index in [0.717, 1.165) is 32.1 Å². The number of alkyl halides is 2. The smallest absolute Gasteiger partial charge is 0.309 e. The molecule has 0 aromatic heterocycles. The van der Waals surface area contributed by atoms with Crippen molar-refractivity contribution in [3.63, 3.8) is 0 Å².